The summed E-state index contributed by atoms with van der Waals surface area (Å²) in [6.07, 6.45) is 3.00. The maximum atomic E-state index is 9.18. The molecule has 0 aliphatic heterocycles. The Bertz CT molecular complexity index is 385. The van der Waals surface area contributed by atoms with E-state index in [-0.39, 0.29) is 0 Å². The fourth-order valence-corrected chi connectivity index (χ4v) is 1.69. The van der Waals surface area contributed by atoms with Crippen LogP contribution in [0.3, 0.4) is 0 Å². The number of nitrogens with zero attached hydrogens (tertiary/aromatic N) is 1. The first-order valence-electron chi connectivity index (χ1n) is 6.89. The largest absolute Gasteiger partial charge is 0.508 e. The molecule has 0 bridgehead atoms. The zero-order chi connectivity index (χ0) is 14.1. The van der Waals surface area contributed by atoms with Gasteiger partial charge in [-0.05, 0) is 42.9 Å². The molecule has 0 saturated carbocycles. The quantitative estimate of drug-likeness (QED) is 0.401. The van der Waals surface area contributed by atoms with Gasteiger partial charge in [-0.1, -0.05) is 26.0 Å². The Balaban J connectivity index is 2.16. The molecule has 106 valence electrons. The molecule has 0 atom stereocenters. The molecule has 0 unspecified atom stereocenters. The summed E-state index contributed by atoms with van der Waals surface area (Å²) in [6, 6.07) is 7.29. The summed E-state index contributed by atoms with van der Waals surface area (Å²) >= 11 is 0. The highest BCUT2D eigenvalue weighted by Crippen LogP contribution is 2.10. The molecule has 0 aromatic heterocycles. The van der Waals surface area contributed by atoms with Crippen LogP contribution in [-0.2, 0) is 6.42 Å². The first-order chi connectivity index (χ1) is 9.08. The van der Waals surface area contributed by atoms with Crippen LogP contribution >= 0.6 is 0 Å². The van der Waals surface area contributed by atoms with Crippen molar-refractivity contribution in [2.24, 2.45) is 16.6 Å². The van der Waals surface area contributed by atoms with E-state index in [1.54, 1.807) is 12.1 Å². The van der Waals surface area contributed by atoms with Crippen LogP contribution in [0.1, 0.15) is 32.3 Å². The van der Waals surface area contributed by atoms with E-state index in [4.69, 9.17) is 5.73 Å². The van der Waals surface area contributed by atoms with E-state index in [0.29, 0.717) is 17.6 Å². The van der Waals surface area contributed by atoms with E-state index in [1.807, 2.05) is 12.1 Å². The smallest absolute Gasteiger partial charge is 0.188 e. The van der Waals surface area contributed by atoms with Gasteiger partial charge in [0.2, 0.25) is 0 Å². The zero-order valence-electron chi connectivity index (χ0n) is 11.9. The Morgan fingerprint density at radius 3 is 2.63 bits per heavy atom. The van der Waals surface area contributed by atoms with Crippen LogP contribution in [0.25, 0.3) is 0 Å². The molecule has 0 fully saturated rings. The van der Waals surface area contributed by atoms with Crippen LogP contribution in [0, 0.1) is 5.92 Å². The first kappa shape index (κ1) is 15.3. The summed E-state index contributed by atoms with van der Waals surface area (Å²) in [5.41, 5.74) is 6.97. The van der Waals surface area contributed by atoms with Crippen molar-refractivity contribution in [2.75, 3.05) is 13.1 Å². The number of phenols is 1. The molecule has 0 spiro atoms. The van der Waals surface area contributed by atoms with E-state index in [9.17, 15) is 5.11 Å². The molecule has 1 aromatic carbocycles. The minimum absolute atomic E-state index is 0.306. The molecule has 0 aliphatic rings. The number of benzene rings is 1. The number of guanidine groups is 1. The Morgan fingerprint density at radius 1 is 1.32 bits per heavy atom. The molecule has 0 saturated heterocycles. The summed E-state index contributed by atoms with van der Waals surface area (Å²) < 4.78 is 0. The fraction of sp³-hybridized carbons (Fsp3) is 0.533. The van der Waals surface area contributed by atoms with Gasteiger partial charge in [0.05, 0.1) is 0 Å². The molecule has 0 heterocycles. The predicted octanol–water partition coefficient (Wildman–Crippen LogP) is 2.28. The lowest BCUT2D eigenvalue weighted by Crippen LogP contribution is -2.33. The maximum Gasteiger partial charge on any atom is 0.188 e. The third-order valence-corrected chi connectivity index (χ3v) is 2.87. The van der Waals surface area contributed by atoms with E-state index >= 15 is 0 Å². The molecule has 4 heteroatoms. The second-order valence-corrected chi connectivity index (χ2v) is 5.15. The second-order valence-electron chi connectivity index (χ2n) is 5.15. The van der Waals surface area contributed by atoms with Crippen LogP contribution in [-0.4, -0.2) is 24.2 Å². The van der Waals surface area contributed by atoms with Gasteiger partial charge >= 0.3 is 0 Å². The van der Waals surface area contributed by atoms with Crippen molar-refractivity contribution < 1.29 is 5.11 Å². The van der Waals surface area contributed by atoms with Gasteiger partial charge in [0.15, 0.2) is 5.96 Å². The molecular weight excluding hydrogens is 238 g/mol. The number of nitrogens with two attached hydrogens (primary N) is 1. The molecular formula is C15H25N3O. The molecule has 0 aliphatic carbocycles. The van der Waals surface area contributed by atoms with Gasteiger partial charge in [-0.25, -0.2) is 0 Å². The minimum Gasteiger partial charge on any atom is -0.508 e. The number of aromatic hydroxyl groups is 1. The Labute approximate surface area is 115 Å². The highest BCUT2D eigenvalue weighted by molar-refractivity contribution is 5.77. The molecule has 4 nitrogen and oxygen atoms in total. The summed E-state index contributed by atoms with van der Waals surface area (Å²) in [5, 5.41) is 12.3. The van der Waals surface area contributed by atoms with Crippen molar-refractivity contribution in [3.63, 3.8) is 0 Å². The average Bonchev–Trinajstić information content (AvgIpc) is 2.36. The number of aliphatic imine (C=N–C) groups is 1. The van der Waals surface area contributed by atoms with Gasteiger partial charge in [-0.3, -0.25) is 4.99 Å². The van der Waals surface area contributed by atoms with Crippen molar-refractivity contribution in [1.29, 1.82) is 0 Å². The first-order valence-corrected chi connectivity index (χ1v) is 6.89. The van der Waals surface area contributed by atoms with E-state index in [0.717, 1.165) is 32.4 Å². The van der Waals surface area contributed by atoms with Crippen molar-refractivity contribution in [3.05, 3.63) is 29.8 Å². The number of hydrogen-bond acceptors (Lipinski definition) is 2. The lowest BCUT2D eigenvalue weighted by atomic mass is 10.1. The van der Waals surface area contributed by atoms with Gasteiger partial charge in [0, 0.05) is 13.1 Å². The topological polar surface area (TPSA) is 70.6 Å². The predicted molar refractivity (Wildman–Crippen MR) is 80.4 cm³/mol. The van der Waals surface area contributed by atoms with E-state index < -0.39 is 0 Å². The summed E-state index contributed by atoms with van der Waals surface area (Å²) in [7, 11) is 0. The van der Waals surface area contributed by atoms with Gasteiger partial charge in [-0.15, -0.1) is 0 Å². The van der Waals surface area contributed by atoms with E-state index in [1.165, 1.54) is 5.56 Å². The normalized spacial score (nSPS) is 11.8. The highest BCUT2D eigenvalue weighted by Gasteiger charge is 1.96. The second kappa shape index (κ2) is 8.40. The summed E-state index contributed by atoms with van der Waals surface area (Å²) in [4.78, 5) is 4.29. The fourth-order valence-electron chi connectivity index (χ4n) is 1.69. The van der Waals surface area contributed by atoms with Crippen molar-refractivity contribution in [2.45, 2.75) is 33.1 Å². The maximum absolute atomic E-state index is 9.18. The van der Waals surface area contributed by atoms with Crippen LogP contribution in [0.5, 0.6) is 5.75 Å². The number of nitrogens with one attached hydrogen (secondary N) is 1. The van der Waals surface area contributed by atoms with Crippen LogP contribution in [0.4, 0.5) is 0 Å². The van der Waals surface area contributed by atoms with Crippen LogP contribution in [0.15, 0.2) is 29.3 Å². The van der Waals surface area contributed by atoms with Crippen LogP contribution < -0.4 is 11.1 Å². The third-order valence-electron chi connectivity index (χ3n) is 2.87. The molecule has 1 rings (SSSR count). The van der Waals surface area contributed by atoms with E-state index in [2.05, 4.69) is 24.2 Å². The lowest BCUT2D eigenvalue weighted by Gasteiger charge is -2.07. The van der Waals surface area contributed by atoms with Gasteiger partial charge in [0.1, 0.15) is 5.75 Å². The zero-order valence-corrected chi connectivity index (χ0v) is 11.9. The number of aryl methyl sites for hydroxylation is 1. The number of hydrogen-bond donors (Lipinski definition) is 3. The molecule has 0 amide bonds. The number of rotatable bonds is 7. The Kier molecular flexibility index (Phi) is 6.79. The van der Waals surface area contributed by atoms with Crippen molar-refractivity contribution in [3.8, 4) is 5.75 Å². The van der Waals surface area contributed by atoms with Crippen molar-refractivity contribution in [1.82, 2.24) is 5.32 Å². The van der Waals surface area contributed by atoms with Crippen LogP contribution in [0.2, 0.25) is 0 Å². The Hall–Kier alpha value is -1.71. The molecule has 1 aromatic rings. The molecule has 4 N–H and O–H groups in total. The average molecular weight is 263 g/mol. The third kappa shape index (κ3) is 7.34. The van der Waals surface area contributed by atoms with Gasteiger partial charge in [-0.2, -0.15) is 0 Å². The molecule has 0 radical (unpaired) electrons. The summed E-state index contributed by atoms with van der Waals surface area (Å²) in [6.45, 7) is 5.98. The van der Waals surface area contributed by atoms with Gasteiger partial charge in [0.25, 0.3) is 0 Å². The minimum atomic E-state index is 0.306. The monoisotopic (exact) mass is 263 g/mol. The molecule has 19 heavy (non-hydrogen) atoms. The Morgan fingerprint density at radius 2 is 2.00 bits per heavy atom. The SMILES string of the molecule is CC(C)CCNC(N)=NCCCc1ccc(O)cc1. The van der Waals surface area contributed by atoms with Crippen molar-refractivity contribution >= 4 is 5.96 Å². The highest BCUT2D eigenvalue weighted by atomic mass is 16.3. The lowest BCUT2D eigenvalue weighted by molar-refractivity contribution is 0.475. The number of phenolic OH excluding ortho intramolecular Hbond substituents is 1. The summed E-state index contributed by atoms with van der Waals surface area (Å²) in [5.74, 6) is 1.52. The van der Waals surface area contributed by atoms with Gasteiger partial charge < -0.3 is 16.2 Å². The standard InChI is InChI=1S/C15H25N3O/c1-12(2)9-11-18-15(16)17-10-3-4-13-5-7-14(19)8-6-13/h5-8,12,19H,3-4,9-11H2,1-2H3,(H3,16,17,18).